The molecule has 4 rings (SSSR count). The number of nitrogens with zero attached hydrogens (tertiary/aromatic N) is 4. The molecule has 0 saturated carbocycles. The first-order valence-electron chi connectivity index (χ1n) is 9.41. The van der Waals surface area contributed by atoms with Gasteiger partial charge in [0.2, 0.25) is 11.8 Å². The molecule has 0 aliphatic carbocycles. The maximum Gasteiger partial charge on any atom is 0.307 e. The molecule has 31 heavy (non-hydrogen) atoms. The zero-order chi connectivity index (χ0) is 22.1. The topological polar surface area (TPSA) is 98.9 Å². The highest BCUT2D eigenvalue weighted by Crippen LogP contribution is 2.41. The number of guanidine groups is 1. The highest BCUT2D eigenvalue weighted by molar-refractivity contribution is 6.00. The fourth-order valence-corrected chi connectivity index (χ4v) is 3.82. The fourth-order valence-electron chi connectivity index (χ4n) is 3.82. The monoisotopic (exact) mass is 427 g/mol. The quantitative estimate of drug-likeness (QED) is 0.473. The number of ether oxygens (including phenoxy) is 1. The lowest BCUT2D eigenvalue weighted by Crippen LogP contribution is -2.41. The first-order valence-corrected chi connectivity index (χ1v) is 9.41. The third kappa shape index (κ3) is 3.45. The molecular formula is C21H19F2N5O3. The van der Waals surface area contributed by atoms with Crippen LogP contribution in [0.25, 0.3) is 10.9 Å². The molecule has 0 bridgehead atoms. The number of fused-ring (bicyclic) bond motifs is 1. The van der Waals surface area contributed by atoms with Crippen molar-refractivity contribution in [2.45, 2.75) is 12.6 Å². The van der Waals surface area contributed by atoms with E-state index < -0.39 is 29.1 Å². The Morgan fingerprint density at radius 1 is 1.32 bits per heavy atom. The summed E-state index contributed by atoms with van der Waals surface area (Å²) < 4.78 is 34.4. The summed E-state index contributed by atoms with van der Waals surface area (Å²) in [5.74, 6) is -0.909. The molecule has 0 radical (unpaired) electrons. The van der Waals surface area contributed by atoms with Crippen LogP contribution in [0.4, 0.5) is 20.2 Å². The van der Waals surface area contributed by atoms with E-state index >= 15 is 0 Å². The van der Waals surface area contributed by atoms with Gasteiger partial charge in [-0.2, -0.15) is 4.39 Å². The number of methoxy groups -OCH3 is 1. The van der Waals surface area contributed by atoms with E-state index in [2.05, 4.69) is 4.99 Å². The molecule has 0 spiro atoms. The molecule has 3 aromatic rings. The second-order valence-corrected chi connectivity index (χ2v) is 6.86. The van der Waals surface area contributed by atoms with Gasteiger partial charge in [-0.05, 0) is 12.1 Å². The number of hydrogen-bond acceptors (Lipinski definition) is 6. The highest BCUT2D eigenvalue weighted by Gasteiger charge is 2.31. The molecule has 8 nitrogen and oxygen atoms in total. The van der Waals surface area contributed by atoms with E-state index in [4.69, 9.17) is 10.5 Å². The molecule has 1 aliphatic rings. The molecule has 0 fully saturated rings. The van der Waals surface area contributed by atoms with E-state index in [9.17, 15) is 18.9 Å². The molecule has 2 aromatic carbocycles. The van der Waals surface area contributed by atoms with Gasteiger partial charge in [0.1, 0.15) is 12.4 Å². The van der Waals surface area contributed by atoms with Gasteiger partial charge in [0.05, 0.1) is 30.3 Å². The lowest BCUT2D eigenvalue weighted by atomic mass is 10.0. The Hall–Kier alpha value is -3.95. The first kappa shape index (κ1) is 20.3. The normalized spacial score (nSPS) is 15.9. The van der Waals surface area contributed by atoms with Crippen LogP contribution in [-0.2, 0) is 6.54 Å². The fraction of sp³-hybridized carbons (Fsp3) is 0.190. The minimum absolute atomic E-state index is 0.0500. The Morgan fingerprint density at radius 2 is 2.10 bits per heavy atom. The second kappa shape index (κ2) is 8.05. The summed E-state index contributed by atoms with van der Waals surface area (Å²) in [6.45, 7) is -0.365. The average molecular weight is 427 g/mol. The van der Waals surface area contributed by atoms with Crippen LogP contribution in [0, 0.1) is 15.9 Å². The number of anilines is 1. The van der Waals surface area contributed by atoms with Crippen LogP contribution < -0.4 is 15.4 Å². The molecule has 1 aromatic heterocycles. The van der Waals surface area contributed by atoms with Gasteiger partial charge in [0.25, 0.3) is 0 Å². The van der Waals surface area contributed by atoms with Gasteiger partial charge in [-0.3, -0.25) is 15.0 Å². The predicted molar refractivity (Wildman–Crippen MR) is 114 cm³/mol. The van der Waals surface area contributed by atoms with E-state index in [0.717, 1.165) is 28.6 Å². The third-order valence-electron chi connectivity index (χ3n) is 5.17. The van der Waals surface area contributed by atoms with Gasteiger partial charge >= 0.3 is 5.69 Å². The maximum atomic E-state index is 14.2. The predicted octanol–water partition coefficient (Wildman–Crippen LogP) is 4.06. The van der Waals surface area contributed by atoms with Crippen LogP contribution in [-0.4, -0.2) is 29.2 Å². The van der Waals surface area contributed by atoms with E-state index in [1.54, 1.807) is 10.6 Å². The van der Waals surface area contributed by atoms with Crippen LogP contribution in [0.2, 0.25) is 0 Å². The van der Waals surface area contributed by atoms with E-state index in [1.165, 1.54) is 18.2 Å². The summed E-state index contributed by atoms with van der Waals surface area (Å²) in [6, 6.07) is 8.98. The molecule has 160 valence electrons. The Labute approximate surface area is 176 Å². The van der Waals surface area contributed by atoms with Crippen molar-refractivity contribution in [2.24, 2.45) is 10.7 Å². The van der Waals surface area contributed by atoms with Gasteiger partial charge in [-0.15, -0.1) is 0 Å². The Bertz CT molecular complexity index is 1220. The number of nitro groups is 1. The number of benzene rings is 2. The van der Waals surface area contributed by atoms with Crippen molar-refractivity contribution in [3.05, 3.63) is 76.4 Å². The third-order valence-corrected chi connectivity index (χ3v) is 5.17. The number of para-hydroxylation sites is 1. The summed E-state index contributed by atoms with van der Waals surface area (Å²) in [4.78, 5) is 16.2. The van der Waals surface area contributed by atoms with Gasteiger partial charge in [-0.25, -0.2) is 9.38 Å². The largest absolute Gasteiger partial charge is 0.494 e. The minimum Gasteiger partial charge on any atom is -0.494 e. The van der Waals surface area contributed by atoms with Crippen molar-refractivity contribution in [1.29, 1.82) is 0 Å². The SMILES string of the molecule is COc1cc(F)c([N+](=O)[O-])cc1N1C(N)=NC=CC1c1cn(CCF)c2ccccc12. The van der Waals surface area contributed by atoms with Crippen LogP contribution in [0.3, 0.4) is 0 Å². The number of aromatic nitrogens is 1. The number of nitrogens with two attached hydrogens (primary N) is 1. The lowest BCUT2D eigenvalue weighted by Gasteiger charge is -2.33. The van der Waals surface area contributed by atoms with Crippen molar-refractivity contribution in [3.63, 3.8) is 0 Å². The zero-order valence-electron chi connectivity index (χ0n) is 16.5. The molecule has 2 N–H and O–H groups in total. The average Bonchev–Trinajstić information content (AvgIpc) is 3.12. The number of nitro benzene ring substituents is 1. The maximum absolute atomic E-state index is 14.2. The van der Waals surface area contributed by atoms with Crippen molar-refractivity contribution in [1.82, 2.24) is 4.57 Å². The van der Waals surface area contributed by atoms with Crippen LogP contribution in [0.15, 0.2) is 59.9 Å². The second-order valence-electron chi connectivity index (χ2n) is 6.86. The Kier molecular flexibility index (Phi) is 5.28. The molecule has 10 heteroatoms. The molecule has 1 atom stereocenters. The molecule has 1 aliphatic heterocycles. The first-order chi connectivity index (χ1) is 15.0. The lowest BCUT2D eigenvalue weighted by molar-refractivity contribution is -0.387. The van der Waals surface area contributed by atoms with E-state index in [0.29, 0.717) is 0 Å². The molecule has 1 unspecified atom stereocenters. The summed E-state index contributed by atoms with van der Waals surface area (Å²) >= 11 is 0. The number of aryl methyl sites for hydroxylation is 1. The molecule has 2 heterocycles. The molecular weight excluding hydrogens is 408 g/mol. The zero-order valence-corrected chi connectivity index (χ0v) is 16.5. The summed E-state index contributed by atoms with van der Waals surface area (Å²) in [5, 5.41) is 12.2. The summed E-state index contributed by atoms with van der Waals surface area (Å²) in [6.07, 6.45) is 5.10. The molecule has 0 saturated heterocycles. The van der Waals surface area contributed by atoms with Crippen LogP contribution in [0.1, 0.15) is 11.6 Å². The number of hydrogen-bond donors (Lipinski definition) is 1. The van der Waals surface area contributed by atoms with Crippen molar-refractivity contribution in [2.75, 3.05) is 18.7 Å². The van der Waals surface area contributed by atoms with Gasteiger partial charge in [0.15, 0.2) is 0 Å². The van der Waals surface area contributed by atoms with Crippen LogP contribution >= 0.6 is 0 Å². The van der Waals surface area contributed by atoms with Crippen molar-refractivity contribution >= 4 is 28.2 Å². The van der Waals surface area contributed by atoms with E-state index in [-0.39, 0.29) is 23.9 Å². The standard InChI is InChI=1S/C21H19F2N5O3/c1-31-20-10-15(23)18(28(29)30)11-19(20)27-17(6-8-25-21(27)24)14-12-26(9-7-22)16-5-3-2-4-13(14)16/h2-6,8,10-12,17H,7,9H2,1H3,(H2,24,25). The van der Waals surface area contributed by atoms with Gasteiger partial charge in [-0.1, -0.05) is 18.2 Å². The summed E-state index contributed by atoms with van der Waals surface area (Å²) in [7, 11) is 1.33. The number of aliphatic imine (C=N–C) groups is 1. The van der Waals surface area contributed by atoms with Crippen LogP contribution in [0.5, 0.6) is 5.75 Å². The Morgan fingerprint density at radius 3 is 2.81 bits per heavy atom. The van der Waals surface area contributed by atoms with Gasteiger partial charge in [0, 0.05) is 41.0 Å². The van der Waals surface area contributed by atoms with Crippen molar-refractivity contribution < 1.29 is 18.4 Å². The number of rotatable bonds is 6. The summed E-state index contributed by atoms with van der Waals surface area (Å²) in [5.41, 5.74) is 7.27. The smallest absolute Gasteiger partial charge is 0.307 e. The highest BCUT2D eigenvalue weighted by atomic mass is 19.1. The number of halogens is 2. The molecule has 0 amide bonds. The van der Waals surface area contributed by atoms with Gasteiger partial charge < -0.3 is 15.0 Å². The Balaban J connectivity index is 1.92. The minimum atomic E-state index is -1.02. The van der Waals surface area contributed by atoms with Crippen molar-refractivity contribution in [3.8, 4) is 5.75 Å². The number of alkyl halides is 1. The van der Waals surface area contributed by atoms with E-state index in [1.807, 2.05) is 30.5 Å².